The summed E-state index contributed by atoms with van der Waals surface area (Å²) in [5.74, 6) is 1.37. The van der Waals surface area contributed by atoms with Gasteiger partial charge in [0.05, 0.1) is 6.42 Å². The number of fused-ring (bicyclic) bond motifs is 1. The molecule has 3 heterocycles. The Labute approximate surface area is 194 Å². The second-order valence-electron chi connectivity index (χ2n) is 9.60. The van der Waals surface area contributed by atoms with Crippen molar-refractivity contribution in [2.45, 2.75) is 63.8 Å². The SMILES string of the molecule is Cc1nc(S)[nH]c(=O)c1CC(=O)NCC1CCN(Cc2cccc3c2OC(C)(C)C3)CC1. The molecule has 1 aromatic carbocycles. The zero-order chi connectivity index (χ0) is 22.9. The number of nitrogens with one attached hydrogen (secondary N) is 2. The molecule has 7 nitrogen and oxygen atoms in total. The summed E-state index contributed by atoms with van der Waals surface area (Å²) >= 11 is 4.06. The Morgan fingerprint density at radius 2 is 2.09 bits per heavy atom. The number of carbonyl (C=O) groups is 1. The highest BCUT2D eigenvalue weighted by Gasteiger charge is 2.32. The molecule has 0 unspecified atom stereocenters. The number of nitrogens with zero attached hydrogens (tertiary/aromatic N) is 2. The van der Waals surface area contributed by atoms with E-state index in [0.717, 1.165) is 44.6 Å². The zero-order valence-electron chi connectivity index (χ0n) is 19.0. The lowest BCUT2D eigenvalue weighted by atomic mass is 9.96. The van der Waals surface area contributed by atoms with Crippen molar-refractivity contribution in [3.63, 3.8) is 0 Å². The predicted octanol–water partition coefficient (Wildman–Crippen LogP) is 2.65. The Bertz CT molecular complexity index is 1060. The number of carbonyl (C=O) groups excluding carboxylic acids is 1. The summed E-state index contributed by atoms with van der Waals surface area (Å²) in [5, 5.41) is 3.26. The van der Waals surface area contributed by atoms with E-state index in [9.17, 15) is 9.59 Å². The smallest absolute Gasteiger partial charge is 0.255 e. The summed E-state index contributed by atoms with van der Waals surface area (Å²) < 4.78 is 6.22. The van der Waals surface area contributed by atoms with Gasteiger partial charge in [-0.1, -0.05) is 18.2 Å². The molecule has 2 N–H and O–H groups in total. The van der Waals surface area contributed by atoms with Crippen LogP contribution in [0.15, 0.2) is 28.2 Å². The topological polar surface area (TPSA) is 87.3 Å². The van der Waals surface area contributed by atoms with E-state index in [1.165, 1.54) is 11.1 Å². The van der Waals surface area contributed by atoms with Gasteiger partial charge in [-0.3, -0.25) is 14.5 Å². The summed E-state index contributed by atoms with van der Waals surface area (Å²) in [7, 11) is 0. The maximum absolute atomic E-state index is 12.4. The van der Waals surface area contributed by atoms with E-state index in [0.29, 0.717) is 23.7 Å². The first-order valence-electron chi connectivity index (χ1n) is 11.3. The van der Waals surface area contributed by atoms with Crippen LogP contribution >= 0.6 is 12.6 Å². The van der Waals surface area contributed by atoms with Crippen LogP contribution in [0.4, 0.5) is 0 Å². The summed E-state index contributed by atoms with van der Waals surface area (Å²) in [6, 6.07) is 6.47. The third kappa shape index (κ3) is 5.35. The van der Waals surface area contributed by atoms with Gasteiger partial charge in [0.2, 0.25) is 5.91 Å². The van der Waals surface area contributed by atoms with E-state index in [-0.39, 0.29) is 28.6 Å². The van der Waals surface area contributed by atoms with Crippen LogP contribution in [0.3, 0.4) is 0 Å². The number of ether oxygens (including phenoxy) is 1. The van der Waals surface area contributed by atoms with E-state index in [1.54, 1.807) is 6.92 Å². The number of likely N-dealkylation sites (tertiary alicyclic amines) is 1. The van der Waals surface area contributed by atoms with Crippen molar-refractivity contribution in [1.82, 2.24) is 20.2 Å². The van der Waals surface area contributed by atoms with Crippen LogP contribution in [0.2, 0.25) is 0 Å². The van der Waals surface area contributed by atoms with Gasteiger partial charge in [0.15, 0.2) is 5.16 Å². The highest BCUT2D eigenvalue weighted by molar-refractivity contribution is 7.80. The largest absolute Gasteiger partial charge is 0.487 e. The fraction of sp³-hybridized carbons (Fsp3) is 0.542. The van der Waals surface area contributed by atoms with Crippen molar-refractivity contribution >= 4 is 18.5 Å². The highest BCUT2D eigenvalue weighted by Crippen LogP contribution is 2.38. The van der Waals surface area contributed by atoms with Gasteiger partial charge in [0.25, 0.3) is 5.56 Å². The standard InChI is InChI=1S/C24H32N4O3S/c1-15-19(22(30)27-23(32)26-15)11-20(29)25-13-16-7-9-28(10-8-16)14-18-6-4-5-17-12-24(2,3)31-21(17)18/h4-6,16H,7-14H2,1-3H3,(H,25,29)(H2,26,27,30,32). The van der Waals surface area contributed by atoms with E-state index in [4.69, 9.17) is 4.74 Å². The van der Waals surface area contributed by atoms with E-state index in [1.807, 2.05) is 0 Å². The Hall–Kier alpha value is -2.32. The molecule has 2 aliphatic rings. The van der Waals surface area contributed by atoms with Crippen LogP contribution in [0.1, 0.15) is 49.1 Å². The van der Waals surface area contributed by atoms with Gasteiger partial charge >= 0.3 is 0 Å². The van der Waals surface area contributed by atoms with Crippen LogP contribution in [0, 0.1) is 12.8 Å². The first kappa shape index (κ1) is 22.9. The van der Waals surface area contributed by atoms with Crippen molar-refractivity contribution in [2.24, 2.45) is 5.92 Å². The molecule has 0 bridgehead atoms. The lowest BCUT2D eigenvalue weighted by Gasteiger charge is -2.32. The first-order chi connectivity index (χ1) is 15.2. The van der Waals surface area contributed by atoms with Gasteiger partial charge in [-0.15, -0.1) is 12.6 Å². The fourth-order valence-corrected chi connectivity index (χ4v) is 4.93. The number of hydrogen-bond acceptors (Lipinski definition) is 6. The summed E-state index contributed by atoms with van der Waals surface area (Å²) in [4.78, 5) is 33.6. The molecule has 1 aromatic heterocycles. The predicted molar refractivity (Wildman–Crippen MR) is 126 cm³/mol. The summed E-state index contributed by atoms with van der Waals surface area (Å²) in [5.41, 5.74) is 3.08. The number of aromatic nitrogens is 2. The quantitative estimate of drug-likeness (QED) is 0.460. The highest BCUT2D eigenvalue weighted by atomic mass is 32.1. The van der Waals surface area contributed by atoms with Crippen molar-refractivity contribution < 1.29 is 9.53 Å². The Kier molecular flexibility index (Phi) is 6.62. The second-order valence-corrected chi connectivity index (χ2v) is 10.0. The molecule has 1 fully saturated rings. The monoisotopic (exact) mass is 456 g/mol. The minimum absolute atomic E-state index is 0.0382. The van der Waals surface area contributed by atoms with Gasteiger partial charge in [0, 0.05) is 36.3 Å². The molecule has 2 aromatic rings. The van der Waals surface area contributed by atoms with Crippen LogP contribution in [0.25, 0.3) is 0 Å². The van der Waals surface area contributed by atoms with Crippen molar-refractivity contribution in [3.05, 3.63) is 50.9 Å². The molecule has 0 atom stereocenters. The molecule has 0 aliphatic carbocycles. The Morgan fingerprint density at radius 1 is 1.34 bits per heavy atom. The average molecular weight is 457 g/mol. The lowest BCUT2D eigenvalue weighted by molar-refractivity contribution is -0.120. The molecule has 1 saturated heterocycles. The summed E-state index contributed by atoms with van der Waals surface area (Å²) in [6.07, 6.45) is 3.07. The molecule has 172 valence electrons. The number of para-hydroxylation sites is 1. The minimum atomic E-state index is -0.300. The third-order valence-electron chi connectivity index (χ3n) is 6.41. The number of aryl methyl sites for hydroxylation is 1. The molecule has 32 heavy (non-hydrogen) atoms. The Morgan fingerprint density at radius 3 is 2.81 bits per heavy atom. The van der Waals surface area contributed by atoms with Crippen LogP contribution in [-0.2, 0) is 24.2 Å². The number of piperidine rings is 1. The zero-order valence-corrected chi connectivity index (χ0v) is 19.9. The maximum atomic E-state index is 12.4. The molecule has 4 rings (SSSR count). The van der Waals surface area contributed by atoms with Crippen molar-refractivity contribution in [3.8, 4) is 5.75 Å². The maximum Gasteiger partial charge on any atom is 0.255 e. The number of hydrogen-bond donors (Lipinski definition) is 3. The van der Waals surface area contributed by atoms with Gasteiger partial charge in [-0.2, -0.15) is 0 Å². The number of aromatic amines is 1. The van der Waals surface area contributed by atoms with E-state index < -0.39 is 0 Å². The number of H-pyrrole nitrogens is 1. The van der Waals surface area contributed by atoms with Crippen LogP contribution in [-0.4, -0.2) is 46.0 Å². The molecule has 1 amide bonds. The normalized spacial score (nSPS) is 18.2. The van der Waals surface area contributed by atoms with Gasteiger partial charge in [0.1, 0.15) is 11.4 Å². The second kappa shape index (κ2) is 9.27. The van der Waals surface area contributed by atoms with Gasteiger partial charge < -0.3 is 15.0 Å². The van der Waals surface area contributed by atoms with E-state index >= 15 is 0 Å². The lowest BCUT2D eigenvalue weighted by Crippen LogP contribution is -2.39. The van der Waals surface area contributed by atoms with Crippen LogP contribution in [0.5, 0.6) is 5.75 Å². The molecule has 2 aliphatic heterocycles. The minimum Gasteiger partial charge on any atom is -0.487 e. The number of thiol groups is 1. The molecule has 8 heteroatoms. The average Bonchev–Trinajstić information content (AvgIpc) is 3.05. The molecule has 0 radical (unpaired) electrons. The number of amides is 1. The number of benzene rings is 1. The van der Waals surface area contributed by atoms with Crippen molar-refractivity contribution in [2.75, 3.05) is 19.6 Å². The molecular weight excluding hydrogens is 424 g/mol. The number of rotatable bonds is 6. The molecule has 0 saturated carbocycles. The fourth-order valence-electron chi connectivity index (χ4n) is 4.68. The van der Waals surface area contributed by atoms with Crippen molar-refractivity contribution in [1.29, 1.82) is 0 Å². The Balaban J connectivity index is 1.25. The molecule has 0 spiro atoms. The third-order valence-corrected chi connectivity index (χ3v) is 6.62. The molecular formula is C24H32N4O3S. The summed E-state index contributed by atoms with van der Waals surface area (Å²) in [6.45, 7) is 9.54. The van der Waals surface area contributed by atoms with Gasteiger partial charge in [-0.25, -0.2) is 4.98 Å². The van der Waals surface area contributed by atoms with Gasteiger partial charge in [-0.05, 0) is 58.2 Å². The van der Waals surface area contributed by atoms with Crippen LogP contribution < -0.4 is 15.6 Å². The van der Waals surface area contributed by atoms with E-state index in [2.05, 4.69) is 64.9 Å². The first-order valence-corrected chi connectivity index (χ1v) is 11.7.